The normalized spacial score (nSPS) is 11.8. The van der Waals surface area contributed by atoms with Gasteiger partial charge in [0.1, 0.15) is 18.1 Å². The number of benzene rings is 1. The predicted octanol–water partition coefficient (Wildman–Crippen LogP) is 3.61. The highest BCUT2D eigenvalue weighted by Crippen LogP contribution is 2.30. The molecule has 6 nitrogen and oxygen atoms in total. The van der Waals surface area contributed by atoms with E-state index in [4.69, 9.17) is 4.42 Å². The number of halogens is 1. The van der Waals surface area contributed by atoms with Gasteiger partial charge >= 0.3 is 0 Å². The Morgan fingerprint density at radius 1 is 1.23 bits per heavy atom. The van der Waals surface area contributed by atoms with Crippen molar-refractivity contribution < 1.29 is 18.4 Å². The first-order chi connectivity index (χ1) is 12.4. The molecule has 2 heterocycles. The van der Waals surface area contributed by atoms with Crippen LogP contribution in [0.3, 0.4) is 0 Å². The van der Waals surface area contributed by atoms with Crippen molar-refractivity contribution in [1.29, 1.82) is 0 Å². The molecule has 0 fully saturated rings. The number of rotatable bonds is 5. The Balaban J connectivity index is 1.67. The molecule has 1 unspecified atom stereocenters. The third kappa shape index (κ3) is 3.97. The van der Waals surface area contributed by atoms with Gasteiger partial charge in [-0.05, 0) is 44.2 Å². The highest BCUT2D eigenvalue weighted by molar-refractivity contribution is 7.16. The third-order valence-electron chi connectivity index (χ3n) is 3.67. The fraction of sp³-hybridized carbons (Fsp3) is 0.167. The second-order valence-corrected chi connectivity index (χ2v) is 6.83. The molecule has 2 amide bonds. The summed E-state index contributed by atoms with van der Waals surface area (Å²) in [6.07, 6.45) is 2.69. The lowest BCUT2D eigenvalue weighted by atomic mass is 10.1. The van der Waals surface area contributed by atoms with Gasteiger partial charge in [-0.25, -0.2) is 9.37 Å². The average Bonchev–Trinajstić information content (AvgIpc) is 3.25. The van der Waals surface area contributed by atoms with E-state index in [0.29, 0.717) is 16.4 Å². The number of amides is 2. The van der Waals surface area contributed by atoms with Crippen LogP contribution in [-0.2, 0) is 4.79 Å². The number of hydrogen-bond acceptors (Lipinski definition) is 5. The molecule has 0 aliphatic heterocycles. The molecule has 134 valence electrons. The summed E-state index contributed by atoms with van der Waals surface area (Å²) in [5.41, 5.74) is 1.79. The van der Waals surface area contributed by atoms with E-state index in [-0.39, 0.29) is 11.7 Å². The quantitative estimate of drug-likeness (QED) is 0.716. The molecule has 0 radical (unpaired) electrons. The van der Waals surface area contributed by atoms with Gasteiger partial charge in [-0.1, -0.05) is 0 Å². The van der Waals surface area contributed by atoms with Crippen molar-refractivity contribution in [3.63, 3.8) is 0 Å². The molecule has 3 rings (SSSR count). The van der Waals surface area contributed by atoms with Gasteiger partial charge in [-0.15, -0.1) is 11.3 Å². The van der Waals surface area contributed by atoms with Crippen molar-refractivity contribution >= 4 is 28.3 Å². The van der Waals surface area contributed by atoms with E-state index >= 15 is 0 Å². The minimum atomic E-state index is -0.754. The molecule has 0 spiro atoms. The van der Waals surface area contributed by atoms with Crippen LogP contribution in [0.1, 0.15) is 22.2 Å². The van der Waals surface area contributed by atoms with Crippen LogP contribution < -0.4 is 10.6 Å². The molecule has 0 aliphatic carbocycles. The summed E-state index contributed by atoms with van der Waals surface area (Å²) in [6, 6.07) is 6.75. The minimum Gasteiger partial charge on any atom is -0.472 e. The maximum Gasteiger partial charge on any atom is 0.255 e. The molecule has 1 aromatic carbocycles. The second kappa shape index (κ2) is 7.49. The van der Waals surface area contributed by atoms with Gasteiger partial charge in [-0.3, -0.25) is 9.59 Å². The number of hydrogen-bond donors (Lipinski definition) is 2. The molecule has 8 heteroatoms. The van der Waals surface area contributed by atoms with E-state index in [1.807, 2.05) is 6.92 Å². The highest BCUT2D eigenvalue weighted by atomic mass is 32.1. The summed E-state index contributed by atoms with van der Waals surface area (Å²) < 4.78 is 17.9. The number of aromatic nitrogens is 1. The average molecular weight is 373 g/mol. The van der Waals surface area contributed by atoms with E-state index in [2.05, 4.69) is 15.6 Å². The van der Waals surface area contributed by atoms with Gasteiger partial charge in [0.25, 0.3) is 5.91 Å². The van der Waals surface area contributed by atoms with Crippen LogP contribution in [0.15, 0.2) is 47.3 Å². The summed E-state index contributed by atoms with van der Waals surface area (Å²) in [5, 5.41) is 5.69. The Labute approximate surface area is 153 Å². The van der Waals surface area contributed by atoms with Crippen LogP contribution in [0.2, 0.25) is 0 Å². The van der Waals surface area contributed by atoms with Gasteiger partial charge in [0.2, 0.25) is 5.91 Å². The van der Waals surface area contributed by atoms with E-state index < -0.39 is 11.9 Å². The van der Waals surface area contributed by atoms with Crippen molar-refractivity contribution in [2.45, 2.75) is 19.9 Å². The first kappa shape index (κ1) is 17.8. The lowest BCUT2D eigenvalue weighted by molar-refractivity contribution is -0.117. The number of carbonyl (C=O) groups excluding carboxylic acids is 2. The number of anilines is 1. The first-order valence-corrected chi connectivity index (χ1v) is 8.63. The lowest BCUT2D eigenvalue weighted by Crippen LogP contribution is -2.41. The summed E-state index contributed by atoms with van der Waals surface area (Å²) in [4.78, 5) is 29.5. The third-order valence-corrected chi connectivity index (χ3v) is 4.55. The number of furan rings is 1. The van der Waals surface area contributed by atoms with Gasteiger partial charge in [0, 0.05) is 10.4 Å². The van der Waals surface area contributed by atoms with Crippen LogP contribution >= 0.6 is 11.3 Å². The number of carbonyl (C=O) groups is 2. The van der Waals surface area contributed by atoms with Crippen LogP contribution in [0.25, 0.3) is 11.3 Å². The maximum atomic E-state index is 13.1. The Morgan fingerprint density at radius 2 is 1.96 bits per heavy atom. The molecule has 0 saturated carbocycles. The molecular formula is C18H16FN3O3S. The zero-order valence-electron chi connectivity index (χ0n) is 14.1. The van der Waals surface area contributed by atoms with Gasteiger partial charge < -0.3 is 15.1 Å². The van der Waals surface area contributed by atoms with Crippen molar-refractivity contribution in [3.8, 4) is 11.3 Å². The molecule has 0 saturated heterocycles. The standard InChI is InChI=1S/C18H16FN3O3S/c1-10(20-17(24)13-7-8-25-9-13)16(23)22-18-21-15(11(2)26-18)12-3-5-14(19)6-4-12/h3-10H,1-2H3,(H,20,24)(H,21,22,23). The van der Waals surface area contributed by atoms with Crippen LogP contribution in [0.4, 0.5) is 9.52 Å². The largest absolute Gasteiger partial charge is 0.472 e. The molecule has 26 heavy (non-hydrogen) atoms. The molecule has 1 atom stereocenters. The molecule has 0 aliphatic rings. The molecular weight excluding hydrogens is 357 g/mol. The van der Waals surface area contributed by atoms with Gasteiger partial charge in [0.05, 0.1) is 17.5 Å². The minimum absolute atomic E-state index is 0.322. The Morgan fingerprint density at radius 3 is 2.62 bits per heavy atom. The molecule has 3 aromatic rings. The van der Waals surface area contributed by atoms with E-state index in [1.165, 1.54) is 42.1 Å². The van der Waals surface area contributed by atoms with E-state index in [0.717, 1.165) is 10.4 Å². The Bertz CT molecular complexity index is 920. The molecule has 2 aromatic heterocycles. The fourth-order valence-electron chi connectivity index (χ4n) is 2.28. The van der Waals surface area contributed by atoms with Crippen LogP contribution in [0, 0.1) is 12.7 Å². The van der Waals surface area contributed by atoms with Crippen LogP contribution in [0.5, 0.6) is 0 Å². The maximum absolute atomic E-state index is 13.1. The summed E-state index contributed by atoms with van der Waals surface area (Å²) in [5.74, 6) is -1.11. The number of nitrogens with one attached hydrogen (secondary N) is 2. The van der Waals surface area contributed by atoms with Crippen molar-refractivity contribution in [1.82, 2.24) is 10.3 Å². The Kier molecular flexibility index (Phi) is 5.13. The Hall–Kier alpha value is -3.00. The van der Waals surface area contributed by atoms with Gasteiger partial charge in [0.15, 0.2) is 5.13 Å². The fourth-order valence-corrected chi connectivity index (χ4v) is 3.12. The first-order valence-electron chi connectivity index (χ1n) is 7.81. The lowest BCUT2D eigenvalue weighted by Gasteiger charge is -2.12. The molecule has 0 bridgehead atoms. The van der Waals surface area contributed by atoms with Crippen molar-refractivity contribution in [2.24, 2.45) is 0 Å². The SMILES string of the molecule is Cc1sc(NC(=O)C(C)NC(=O)c2ccoc2)nc1-c1ccc(F)cc1. The monoisotopic (exact) mass is 373 g/mol. The summed E-state index contributed by atoms with van der Waals surface area (Å²) in [6.45, 7) is 3.45. The summed E-state index contributed by atoms with van der Waals surface area (Å²) in [7, 11) is 0. The van der Waals surface area contributed by atoms with Crippen molar-refractivity contribution in [3.05, 3.63) is 59.1 Å². The number of nitrogens with zero attached hydrogens (tertiary/aromatic N) is 1. The van der Waals surface area contributed by atoms with Crippen molar-refractivity contribution in [2.75, 3.05) is 5.32 Å². The number of aryl methyl sites for hydroxylation is 1. The van der Waals surface area contributed by atoms with E-state index in [9.17, 15) is 14.0 Å². The zero-order chi connectivity index (χ0) is 18.7. The smallest absolute Gasteiger partial charge is 0.255 e. The van der Waals surface area contributed by atoms with Crippen LogP contribution in [-0.4, -0.2) is 22.8 Å². The van der Waals surface area contributed by atoms with E-state index in [1.54, 1.807) is 19.1 Å². The second-order valence-electron chi connectivity index (χ2n) is 5.63. The zero-order valence-corrected chi connectivity index (χ0v) is 14.9. The number of thiazole rings is 1. The topological polar surface area (TPSA) is 84.2 Å². The van der Waals surface area contributed by atoms with Gasteiger partial charge in [-0.2, -0.15) is 0 Å². The molecule has 2 N–H and O–H groups in total. The highest BCUT2D eigenvalue weighted by Gasteiger charge is 2.19. The summed E-state index contributed by atoms with van der Waals surface area (Å²) >= 11 is 1.31. The predicted molar refractivity (Wildman–Crippen MR) is 96.5 cm³/mol.